The second-order valence-corrected chi connectivity index (χ2v) is 8.93. The minimum atomic E-state index is -0.877. The van der Waals surface area contributed by atoms with Crippen molar-refractivity contribution in [2.24, 2.45) is 5.92 Å². The first kappa shape index (κ1) is 18.8. The van der Waals surface area contributed by atoms with Gasteiger partial charge in [0.25, 0.3) is 5.91 Å². The molecule has 6 heteroatoms. The first-order valence-corrected chi connectivity index (χ1v) is 11.1. The average Bonchev–Trinajstić information content (AvgIpc) is 3.11. The Bertz CT molecular complexity index is 1050. The van der Waals surface area contributed by atoms with Crippen LogP contribution in [0.2, 0.25) is 0 Å². The molecule has 0 spiro atoms. The average molecular weight is 454 g/mol. The molecule has 3 atom stereocenters. The maximum absolute atomic E-state index is 13.6. The molecule has 3 unspecified atom stereocenters. The molecule has 1 aliphatic heterocycles. The van der Waals surface area contributed by atoms with E-state index in [4.69, 9.17) is 0 Å². The lowest BCUT2D eigenvalue weighted by Gasteiger charge is -2.52. The lowest BCUT2D eigenvalue weighted by molar-refractivity contribution is -0.110. The molecule has 5 nitrogen and oxygen atoms in total. The van der Waals surface area contributed by atoms with E-state index < -0.39 is 5.60 Å². The number of nitrogens with zero attached hydrogens (tertiary/aromatic N) is 3. The number of pyridine rings is 1. The van der Waals surface area contributed by atoms with Crippen molar-refractivity contribution in [2.75, 3.05) is 6.54 Å². The van der Waals surface area contributed by atoms with Crippen molar-refractivity contribution in [2.45, 2.75) is 43.7 Å². The van der Waals surface area contributed by atoms with Crippen LogP contribution in [0, 0.1) is 5.92 Å². The Morgan fingerprint density at radius 3 is 2.69 bits per heavy atom. The Morgan fingerprint density at radius 1 is 1.10 bits per heavy atom. The highest BCUT2D eigenvalue weighted by molar-refractivity contribution is 9.10. The molecule has 2 aromatic heterocycles. The summed E-state index contributed by atoms with van der Waals surface area (Å²) in [5.74, 6) is 0.428. The lowest BCUT2D eigenvalue weighted by atomic mass is 9.66. The normalized spacial score (nSPS) is 27.0. The first-order valence-electron chi connectivity index (χ1n) is 10.3. The Balaban J connectivity index is 1.51. The van der Waals surface area contributed by atoms with E-state index in [1.165, 1.54) is 0 Å². The van der Waals surface area contributed by atoms with E-state index in [0.717, 1.165) is 36.8 Å². The van der Waals surface area contributed by atoms with Crippen molar-refractivity contribution in [3.63, 3.8) is 0 Å². The monoisotopic (exact) mass is 453 g/mol. The van der Waals surface area contributed by atoms with Crippen LogP contribution in [-0.4, -0.2) is 37.9 Å². The van der Waals surface area contributed by atoms with Gasteiger partial charge >= 0.3 is 0 Å². The van der Waals surface area contributed by atoms with Gasteiger partial charge in [0.1, 0.15) is 4.60 Å². The van der Waals surface area contributed by atoms with E-state index in [9.17, 15) is 9.90 Å². The summed E-state index contributed by atoms with van der Waals surface area (Å²) in [4.78, 5) is 20.1. The van der Waals surface area contributed by atoms with Crippen molar-refractivity contribution in [1.29, 1.82) is 0 Å². The van der Waals surface area contributed by atoms with E-state index in [2.05, 4.69) is 20.9 Å². The predicted octanol–water partition coefficient (Wildman–Crippen LogP) is 4.39. The largest absolute Gasteiger partial charge is 0.385 e. The Hall–Kier alpha value is -2.18. The van der Waals surface area contributed by atoms with Gasteiger partial charge in [-0.25, -0.2) is 4.98 Å². The molecule has 150 valence electrons. The summed E-state index contributed by atoms with van der Waals surface area (Å²) >= 11 is 3.48. The number of hydrogen-bond donors (Lipinski definition) is 1. The lowest BCUT2D eigenvalue weighted by Crippen LogP contribution is -2.59. The summed E-state index contributed by atoms with van der Waals surface area (Å²) in [6.45, 7) is 0.533. The number of benzene rings is 1. The van der Waals surface area contributed by atoms with E-state index >= 15 is 0 Å². The maximum Gasteiger partial charge on any atom is 0.290 e. The molecular weight excluding hydrogens is 430 g/mol. The van der Waals surface area contributed by atoms with Gasteiger partial charge in [0.15, 0.2) is 0 Å². The Labute approximate surface area is 178 Å². The molecule has 5 rings (SSSR count). The van der Waals surface area contributed by atoms with Gasteiger partial charge in [-0.1, -0.05) is 49.2 Å². The molecule has 1 saturated heterocycles. The van der Waals surface area contributed by atoms with Gasteiger partial charge < -0.3 is 10.0 Å². The van der Waals surface area contributed by atoms with Gasteiger partial charge in [-0.05, 0) is 52.9 Å². The fourth-order valence-corrected chi connectivity index (χ4v) is 5.79. The second-order valence-electron chi connectivity index (χ2n) is 8.18. The topological polar surface area (TPSA) is 57.8 Å². The van der Waals surface area contributed by atoms with Crippen LogP contribution in [0.4, 0.5) is 0 Å². The van der Waals surface area contributed by atoms with Gasteiger partial charge in [0.05, 0.1) is 11.1 Å². The number of amides is 1. The highest BCUT2D eigenvalue weighted by Gasteiger charge is 2.50. The summed E-state index contributed by atoms with van der Waals surface area (Å²) in [5, 5.41) is 11.7. The molecule has 0 bridgehead atoms. The number of aromatic nitrogens is 2. The summed E-state index contributed by atoms with van der Waals surface area (Å²) in [6.07, 6.45) is 6.47. The second kappa shape index (κ2) is 7.26. The third kappa shape index (κ3) is 3.01. The molecule has 2 aliphatic rings. The third-order valence-electron chi connectivity index (χ3n) is 6.71. The molecule has 3 heterocycles. The minimum absolute atomic E-state index is 0.0324. The number of imidazole rings is 1. The smallest absolute Gasteiger partial charge is 0.290 e. The molecule has 1 saturated carbocycles. The number of carbonyl (C=O) groups is 1. The van der Waals surface area contributed by atoms with Gasteiger partial charge in [0, 0.05) is 24.7 Å². The SMILES string of the molecule is O=C(c1nc(Br)c2ccccn12)N1CCC(O)(c2ccccc2)C2CCCCC21. The van der Waals surface area contributed by atoms with Gasteiger partial charge in [-0.2, -0.15) is 0 Å². The predicted molar refractivity (Wildman–Crippen MR) is 115 cm³/mol. The van der Waals surface area contributed by atoms with E-state index in [0.29, 0.717) is 23.4 Å². The molecule has 1 aromatic carbocycles. The van der Waals surface area contributed by atoms with Crippen LogP contribution in [-0.2, 0) is 5.60 Å². The fourth-order valence-electron chi connectivity index (χ4n) is 5.30. The summed E-state index contributed by atoms with van der Waals surface area (Å²) in [5.41, 5.74) is 0.977. The van der Waals surface area contributed by atoms with Crippen molar-refractivity contribution in [3.8, 4) is 0 Å². The number of likely N-dealkylation sites (tertiary alicyclic amines) is 1. The highest BCUT2D eigenvalue weighted by atomic mass is 79.9. The molecule has 1 amide bonds. The number of aliphatic hydroxyl groups is 1. The number of hydrogen-bond acceptors (Lipinski definition) is 3. The molecule has 1 N–H and O–H groups in total. The van der Waals surface area contributed by atoms with Crippen molar-refractivity contribution < 1.29 is 9.90 Å². The molecule has 2 fully saturated rings. The van der Waals surface area contributed by atoms with Crippen LogP contribution in [0.5, 0.6) is 0 Å². The third-order valence-corrected chi connectivity index (χ3v) is 7.29. The first-order chi connectivity index (χ1) is 14.1. The van der Waals surface area contributed by atoms with Crippen LogP contribution in [0.25, 0.3) is 5.52 Å². The number of piperidine rings is 1. The van der Waals surface area contributed by atoms with Crippen molar-refractivity contribution >= 4 is 27.4 Å². The number of rotatable bonds is 2. The quantitative estimate of drug-likeness (QED) is 0.625. The van der Waals surface area contributed by atoms with Crippen LogP contribution in [0.3, 0.4) is 0 Å². The van der Waals surface area contributed by atoms with Crippen LogP contribution in [0.15, 0.2) is 59.3 Å². The zero-order valence-corrected chi connectivity index (χ0v) is 17.8. The maximum atomic E-state index is 13.6. The fraction of sp³-hybridized carbons (Fsp3) is 0.391. The van der Waals surface area contributed by atoms with E-state index in [1.807, 2.05) is 64.0 Å². The van der Waals surface area contributed by atoms with Crippen molar-refractivity contribution in [3.05, 3.63) is 70.7 Å². The van der Waals surface area contributed by atoms with E-state index in [1.54, 1.807) is 0 Å². The summed E-state index contributed by atoms with van der Waals surface area (Å²) < 4.78 is 2.53. The van der Waals surface area contributed by atoms with Gasteiger partial charge in [-0.3, -0.25) is 9.20 Å². The minimum Gasteiger partial charge on any atom is -0.385 e. The Kier molecular flexibility index (Phi) is 4.71. The standard InChI is InChI=1S/C23H24BrN3O2/c24-20-19-12-6-7-14-26(19)21(25-20)22(28)27-15-13-23(29,16-8-2-1-3-9-16)17-10-4-5-11-18(17)27/h1-3,6-9,12,14,17-18,29H,4-5,10-11,13,15H2. The molecule has 0 radical (unpaired) electrons. The Morgan fingerprint density at radius 2 is 1.86 bits per heavy atom. The van der Waals surface area contributed by atoms with Crippen LogP contribution < -0.4 is 0 Å². The van der Waals surface area contributed by atoms with Crippen molar-refractivity contribution in [1.82, 2.24) is 14.3 Å². The summed E-state index contributed by atoms with van der Waals surface area (Å²) in [6, 6.07) is 15.8. The number of halogens is 1. The molecule has 3 aromatic rings. The van der Waals surface area contributed by atoms with Gasteiger partial charge in [0.2, 0.25) is 5.82 Å². The zero-order chi connectivity index (χ0) is 20.0. The number of carbonyl (C=O) groups excluding carboxylic acids is 1. The highest BCUT2D eigenvalue weighted by Crippen LogP contribution is 2.47. The summed E-state index contributed by atoms with van der Waals surface area (Å²) in [7, 11) is 0. The molecule has 29 heavy (non-hydrogen) atoms. The van der Waals surface area contributed by atoms with Gasteiger partial charge in [-0.15, -0.1) is 0 Å². The van der Waals surface area contributed by atoms with Crippen LogP contribution in [0.1, 0.15) is 48.3 Å². The van der Waals surface area contributed by atoms with E-state index in [-0.39, 0.29) is 17.9 Å². The number of fused-ring (bicyclic) bond motifs is 2. The van der Waals surface area contributed by atoms with Crippen LogP contribution >= 0.6 is 15.9 Å². The molecular formula is C23H24BrN3O2. The molecule has 1 aliphatic carbocycles. The zero-order valence-electron chi connectivity index (χ0n) is 16.2.